The molecule has 0 spiro atoms. The molecule has 0 aromatic heterocycles. The predicted molar refractivity (Wildman–Crippen MR) is 235 cm³/mol. The molecule has 0 aliphatic carbocycles. The number of nitrogens with zero attached hydrogens (tertiary/aromatic N) is 1. The van der Waals surface area contributed by atoms with E-state index in [9.17, 15) is 0 Å². The fourth-order valence-corrected chi connectivity index (χ4v) is 8.17. The molecule has 0 N–H and O–H groups in total. The second kappa shape index (κ2) is 14.0. The van der Waals surface area contributed by atoms with Crippen molar-refractivity contribution < 1.29 is 0 Å². The minimum Gasteiger partial charge on any atom is -0.309 e. The fraction of sp³-hybridized carbons (Fsp3) is 0. The summed E-state index contributed by atoms with van der Waals surface area (Å²) >= 11 is 0. The van der Waals surface area contributed by atoms with Crippen LogP contribution in [-0.4, -0.2) is 0 Å². The van der Waals surface area contributed by atoms with E-state index in [0.29, 0.717) is 0 Å². The summed E-state index contributed by atoms with van der Waals surface area (Å²) in [6.45, 7) is 0. The maximum Gasteiger partial charge on any atom is 0.0540 e. The summed E-state index contributed by atoms with van der Waals surface area (Å²) in [4.78, 5) is 2.47. The van der Waals surface area contributed by atoms with Gasteiger partial charge < -0.3 is 4.90 Å². The smallest absolute Gasteiger partial charge is 0.0540 e. The Morgan fingerprint density at radius 1 is 0.236 bits per heavy atom. The van der Waals surface area contributed by atoms with Crippen molar-refractivity contribution in [1.82, 2.24) is 0 Å². The second-order valence-corrected chi connectivity index (χ2v) is 14.1. The van der Waals surface area contributed by atoms with Gasteiger partial charge in [-0.15, -0.1) is 0 Å². The molecule has 10 rings (SSSR count). The van der Waals surface area contributed by atoms with Crippen molar-refractivity contribution in [3.8, 4) is 44.5 Å². The highest BCUT2D eigenvalue weighted by Gasteiger charge is 2.22. The molecule has 0 unspecified atom stereocenters. The van der Waals surface area contributed by atoms with E-state index < -0.39 is 0 Å². The Bertz CT molecular complexity index is 2980. The normalized spacial score (nSPS) is 11.3. The standard InChI is InChI=1S/C54H37N/c1-3-16-38(17-4-1)42-32-33-54(52(36-42)40-19-5-2-6-20-40)55(53-29-14-13-26-48(53)45-31-30-39-18-7-8-21-41(39)34-45)46-24-15-23-43(35-46)51-37-44-22-9-10-25-47(44)49-27-11-12-28-50(49)51/h1-37H. The van der Waals surface area contributed by atoms with Crippen LogP contribution in [0.15, 0.2) is 224 Å². The lowest BCUT2D eigenvalue weighted by molar-refractivity contribution is 1.28. The molecule has 0 bridgehead atoms. The van der Waals surface area contributed by atoms with E-state index in [1.54, 1.807) is 0 Å². The molecule has 0 aliphatic rings. The number of rotatable bonds is 7. The molecule has 0 radical (unpaired) electrons. The van der Waals surface area contributed by atoms with E-state index in [1.807, 2.05) is 0 Å². The number of anilines is 3. The van der Waals surface area contributed by atoms with Crippen LogP contribution in [0.2, 0.25) is 0 Å². The van der Waals surface area contributed by atoms with Crippen LogP contribution in [0.3, 0.4) is 0 Å². The third kappa shape index (κ3) is 6.02. The molecular formula is C54H37N. The largest absolute Gasteiger partial charge is 0.309 e. The summed E-state index contributed by atoms with van der Waals surface area (Å²) in [5.74, 6) is 0. The van der Waals surface area contributed by atoms with E-state index in [4.69, 9.17) is 0 Å². The summed E-state index contributed by atoms with van der Waals surface area (Å²) in [5, 5.41) is 7.49. The van der Waals surface area contributed by atoms with Crippen molar-refractivity contribution in [3.63, 3.8) is 0 Å². The first-order valence-electron chi connectivity index (χ1n) is 18.9. The Kier molecular flexibility index (Phi) is 8.24. The summed E-state index contributed by atoms with van der Waals surface area (Å²) in [6.07, 6.45) is 0. The first-order chi connectivity index (χ1) is 27.3. The predicted octanol–water partition coefficient (Wildman–Crippen LogP) is 15.3. The monoisotopic (exact) mass is 699 g/mol. The van der Waals surface area contributed by atoms with Gasteiger partial charge in [-0.25, -0.2) is 0 Å². The number of hydrogen-bond donors (Lipinski definition) is 0. The van der Waals surface area contributed by atoms with Crippen molar-refractivity contribution in [3.05, 3.63) is 224 Å². The first kappa shape index (κ1) is 32.4. The third-order valence-electron chi connectivity index (χ3n) is 10.8. The number of para-hydroxylation sites is 1. The van der Waals surface area contributed by atoms with Crippen LogP contribution in [0.1, 0.15) is 0 Å². The molecule has 0 heterocycles. The lowest BCUT2D eigenvalue weighted by atomic mass is 9.92. The minimum atomic E-state index is 1.09. The van der Waals surface area contributed by atoms with E-state index >= 15 is 0 Å². The lowest BCUT2D eigenvalue weighted by Crippen LogP contribution is -2.12. The number of hydrogen-bond acceptors (Lipinski definition) is 1. The van der Waals surface area contributed by atoms with E-state index in [2.05, 4.69) is 229 Å². The Hall–Kier alpha value is -7.22. The van der Waals surface area contributed by atoms with Crippen molar-refractivity contribution in [2.24, 2.45) is 0 Å². The average molecular weight is 700 g/mol. The molecule has 10 aromatic carbocycles. The highest BCUT2D eigenvalue weighted by atomic mass is 15.1. The second-order valence-electron chi connectivity index (χ2n) is 14.1. The van der Waals surface area contributed by atoms with Crippen molar-refractivity contribution >= 4 is 49.4 Å². The van der Waals surface area contributed by atoms with Crippen LogP contribution in [-0.2, 0) is 0 Å². The lowest BCUT2D eigenvalue weighted by Gasteiger charge is -2.31. The maximum atomic E-state index is 2.47. The molecule has 0 fully saturated rings. The molecule has 10 aromatic rings. The quantitative estimate of drug-likeness (QED) is 0.150. The molecule has 0 saturated carbocycles. The van der Waals surface area contributed by atoms with Crippen LogP contribution in [0.25, 0.3) is 76.8 Å². The maximum absolute atomic E-state index is 2.47. The Balaban J connectivity index is 1.24. The van der Waals surface area contributed by atoms with Gasteiger partial charge in [0.25, 0.3) is 0 Å². The van der Waals surface area contributed by atoms with Gasteiger partial charge in [-0.05, 0) is 108 Å². The van der Waals surface area contributed by atoms with Gasteiger partial charge in [-0.1, -0.05) is 182 Å². The van der Waals surface area contributed by atoms with Gasteiger partial charge in [0.2, 0.25) is 0 Å². The topological polar surface area (TPSA) is 3.24 Å². The van der Waals surface area contributed by atoms with E-state index in [1.165, 1.54) is 71.3 Å². The summed E-state index contributed by atoms with van der Waals surface area (Å²) in [6, 6.07) is 81.6. The van der Waals surface area contributed by atoms with Gasteiger partial charge in [-0.3, -0.25) is 0 Å². The molecule has 55 heavy (non-hydrogen) atoms. The van der Waals surface area contributed by atoms with Gasteiger partial charge in [0.15, 0.2) is 0 Å². The molecule has 0 saturated heterocycles. The van der Waals surface area contributed by atoms with Gasteiger partial charge in [0.1, 0.15) is 0 Å². The van der Waals surface area contributed by atoms with Gasteiger partial charge in [0.05, 0.1) is 11.4 Å². The summed E-state index contributed by atoms with van der Waals surface area (Å²) < 4.78 is 0. The van der Waals surface area contributed by atoms with Gasteiger partial charge >= 0.3 is 0 Å². The molecule has 0 aliphatic heterocycles. The summed E-state index contributed by atoms with van der Waals surface area (Å²) in [5.41, 5.74) is 12.8. The molecule has 1 heteroatoms. The van der Waals surface area contributed by atoms with E-state index in [-0.39, 0.29) is 0 Å². The average Bonchev–Trinajstić information content (AvgIpc) is 3.27. The number of fused-ring (bicyclic) bond motifs is 4. The Labute approximate surface area is 322 Å². The molecule has 0 amide bonds. The van der Waals surface area contributed by atoms with Crippen LogP contribution < -0.4 is 4.90 Å². The minimum absolute atomic E-state index is 1.09. The van der Waals surface area contributed by atoms with E-state index in [0.717, 1.165) is 22.6 Å². The SMILES string of the molecule is c1ccc(-c2ccc(N(c3cccc(-c4cc5ccccc5c5ccccc45)c3)c3ccccc3-c3ccc4ccccc4c3)c(-c3ccccc3)c2)cc1. The summed E-state index contributed by atoms with van der Waals surface area (Å²) in [7, 11) is 0. The zero-order chi connectivity index (χ0) is 36.6. The third-order valence-corrected chi connectivity index (χ3v) is 10.8. The Morgan fingerprint density at radius 3 is 1.64 bits per heavy atom. The van der Waals surface area contributed by atoms with Crippen LogP contribution in [0.4, 0.5) is 17.1 Å². The molecule has 0 atom stereocenters. The number of benzene rings is 10. The highest BCUT2D eigenvalue weighted by molar-refractivity contribution is 6.14. The van der Waals surface area contributed by atoms with Crippen molar-refractivity contribution in [2.75, 3.05) is 4.90 Å². The van der Waals surface area contributed by atoms with Crippen LogP contribution in [0.5, 0.6) is 0 Å². The fourth-order valence-electron chi connectivity index (χ4n) is 8.17. The van der Waals surface area contributed by atoms with Crippen molar-refractivity contribution in [1.29, 1.82) is 0 Å². The van der Waals surface area contributed by atoms with Crippen LogP contribution in [0, 0.1) is 0 Å². The molecule has 258 valence electrons. The van der Waals surface area contributed by atoms with Gasteiger partial charge in [0, 0.05) is 16.8 Å². The zero-order valence-electron chi connectivity index (χ0n) is 30.3. The van der Waals surface area contributed by atoms with Crippen LogP contribution >= 0.6 is 0 Å². The first-order valence-corrected chi connectivity index (χ1v) is 18.9. The molecule has 1 nitrogen and oxygen atoms in total. The Morgan fingerprint density at radius 2 is 0.818 bits per heavy atom. The molecular weight excluding hydrogens is 663 g/mol. The zero-order valence-corrected chi connectivity index (χ0v) is 30.3. The highest BCUT2D eigenvalue weighted by Crippen LogP contribution is 2.47. The van der Waals surface area contributed by atoms with Crippen molar-refractivity contribution in [2.45, 2.75) is 0 Å². The van der Waals surface area contributed by atoms with Gasteiger partial charge in [-0.2, -0.15) is 0 Å².